The van der Waals surface area contributed by atoms with E-state index in [1.165, 1.54) is 0 Å². The predicted molar refractivity (Wildman–Crippen MR) is 80.0 cm³/mol. The van der Waals surface area contributed by atoms with Gasteiger partial charge in [0.15, 0.2) is 0 Å². The fourth-order valence-corrected chi connectivity index (χ4v) is 2.35. The number of aromatic nitrogens is 2. The van der Waals surface area contributed by atoms with Crippen LogP contribution < -0.4 is 10.2 Å². The van der Waals surface area contributed by atoms with Gasteiger partial charge in [-0.25, -0.2) is 4.98 Å². The van der Waals surface area contributed by atoms with E-state index < -0.39 is 0 Å². The van der Waals surface area contributed by atoms with Gasteiger partial charge >= 0.3 is 0 Å². The number of carbonyl (C=O) groups excluding carboxylic acids is 1. The van der Waals surface area contributed by atoms with Gasteiger partial charge in [-0.3, -0.25) is 4.79 Å². The maximum absolute atomic E-state index is 11.7. The lowest BCUT2D eigenvalue weighted by atomic mass is 10.3. The van der Waals surface area contributed by atoms with Crippen molar-refractivity contribution in [2.45, 2.75) is 27.2 Å². The van der Waals surface area contributed by atoms with Crippen LogP contribution in [0.4, 0.5) is 11.8 Å². The Bertz CT molecular complexity index is 469. The molecule has 2 heterocycles. The first-order valence-corrected chi connectivity index (χ1v) is 7.26. The van der Waals surface area contributed by atoms with Crippen molar-refractivity contribution in [1.82, 2.24) is 14.9 Å². The lowest BCUT2D eigenvalue weighted by Gasteiger charge is -2.34. The predicted octanol–water partition coefficient (Wildman–Crippen LogP) is 1.28. The fraction of sp³-hybridized carbons (Fsp3) is 0.643. The van der Waals surface area contributed by atoms with E-state index in [-0.39, 0.29) is 5.91 Å². The standard InChI is InChI=1S/C14H23N5O/c1-4-13(20)18-6-8-19(9-7-18)14-16-11(3)10-12(17-14)15-5-2/h10H,4-9H2,1-3H3,(H,15,16,17). The zero-order chi connectivity index (χ0) is 14.5. The quantitative estimate of drug-likeness (QED) is 0.898. The molecule has 0 aromatic carbocycles. The lowest BCUT2D eigenvalue weighted by molar-refractivity contribution is -0.131. The number of anilines is 2. The van der Waals surface area contributed by atoms with Crippen LogP contribution >= 0.6 is 0 Å². The van der Waals surface area contributed by atoms with Crippen molar-refractivity contribution in [3.05, 3.63) is 11.8 Å². The van der Waals surface area contributed by atoms with Gasteiger partial charge in [0, 0.05) is 50.9 Å². The average molecular weight is 277 g/mol. The Kier molecular flexibility index (Phi) is 4.76. The van der Waals surface area contributed by atoms with Crippen LogP contribution in [0.25, 0.3) is 0 Å². The third-order valence-corrected chi connectivity index (χ3v) is 3.42. The number of nitrogens with one attached hydrogen (secondary N) is 1. The zero-order valence-corrected chi connectivity index (χ0v) is 12.5. The van der Waals surface area contributed by atoms with Gasteiger partial charge in [0.05, 0.1) is 0 Å². The summed E-state index contributed by atoms with van der Waals surface area (Å²) >= 11 is 0. The molecule has 20 heavy (non-hydrogen) atoms. The molecule has 1 aromatic rings. The third-order valence-electron chi connectivity index (χ3n) is 3.42. The molecule has 0 bridgehead atoms. The number of hydrogen-bond acceptors (Lipinski definition) is 5. The summed E-state index contributed by atoms with van der Waals surface area (Å²) in [4.78, 5) is 24.8. The van der Waals surface area contributed by atoms with E-state index in [1.54, 1.807) is 0 Å². The van der Waals surface area contributed by atoms with E-state index in [2.05, 4.69) is 20.2 Å². The van der Waals surface area contributed by atoms with Gasteiger partial charge in [-0.1, -0.05) is 6.92 Å². The molecule has 1 aliphatic rings. The average Bonchev–Trinajstić information content (AvgIpc) is 2.46. The van der Waals surface area contributed by atoms with Gasteiger partial charge in [-0.15, -0.1) is 0 Å². The van der Waals surface area contributed by atoms with Gasteiger partial charge in [0.25, 0.3) is 0 Å². The molecule has 1 N–H and O–H groups in total. The number of piperazine rings is 1. The Balaban J connectivity index is 2.04. The number of aryl methyl sites for hydroxylation is 1. The van der Waals surface area contributed by atoms with Gasteiger partial charge in [-0.05, 0) is 13.8 Å². The van der Waals surface area contributed by atoms with Crippen LogP contribution in [0, 0.1) is 6.92 Å². The van der Waals surface area contributed by atoms with E-state index in [1.807, 2.05) is 31.7 Å². The van der Waals surface area contributed by atoms with Crippen LogP contribution in [0.5, 0.6) is 0 Å². The summed E-state index contributed by atoms with van der Waals surface area (Å²) in [6, 6.07) is 1.95. The highest BCUT2D eigenvalue weighted by molar-refractivity contribution is 5.76. The summed E-state index contributed by atoms with van der Waals surface area (Å²) in [7, 11) is 0. The molecule has 6 heteroatoms. The maximum atomic E-state index is 11.7. The molecule has 1 fully saturated rings. The van der Waals surface area contributed by atoms with E-state index >= 15 is 0 Å². The maximum Gasteiger partial charge on any atom is 0.227 e. The first kappa shape index (κ1) is 14.6. The summed E-state index contributed by atoms with van der Waals surface area (Å²) in [5, 5.41) is 3.22. The van der Waals surface area contributed by atoms with Gasteiger partial charge in [-0.2, -0.15) is 4.98 Å². The van der Waals surface area contributed by atoms with Crippen molar-refractivity contribution in [2.24, 2.45) is 0 Å². The molecule has 0 atom stereocenters. The highest BCUT2D eigenvalue weighted by Gasteiger charge is 2.21. The van der Waals surface area contributed by atoms with Crippen LogP contribution in [0.3, 0.4) is 0 Å². The lowest BCUT2D eigenvalue weighted by Crippen LogP contribution is -2.49. The summed E-state index contributed by atoms with van der Waals surface area (Å²) in [6.45, 7) is 9.85. The van der Waals surface area contributed by atoms with Crippen LogP contribution in [0.1, 0.15) is 26.0 Å². The molecular weight excluding hydrogens is 254 g/mol. The molecule has 1 aromatic heterocycles. The van der Waals surface area contributed by atoms with Crippen molar-refractivity contribution in [1.29, 1.82) is 0 Å². The first-order valence-electron chi connectivity index (χ1n) is 7.26. The van der Waals surface area contributed by atoms with Crippen LogP contribution in [0.2, 0.25) is 0 Å². The fourth-order valence-electron chi connectivity index (χ4n) is 2.35. The summed E-state index contributed by atoms with van der Waals surface area (Å²) < 4.78 is 0. The largest absolute Gasteiger partial charge is 0.370 e. The molecule has 2 rings (SSSR count). The Hall–Kier alpha value is -1.85. The van der Waals surface area contributed by atoms with E-state index in [4.69, 9.17) is 0 Å². The molecule has 0 aliphatic carbocycles. The van der Waals surface area contributed by atoms with E-state index in [0.717, 1.165) is 50.2 Å². The smallest absolute Gasteiger partial charge is 0.227 e. The molecule has 6 nitrogen and oxygen atoms in total. The van der Waals surface area contributed by atoms with Gasteiger partial charge < -0.3 is 15.1 Å². The van der Waals surface area contributed by atoms with E-state index in [9.17, 15) is 4.79 Å². The molecule has 0 unspecified atom stereocenters. The van der Waals surface area contributed by atoms with Crippen molar-refractivity contribution in [3.63, 3.8) is 0 Å². The summed E-state index contributed by atoms with van der Waals surface area (Å²) in [5.41, 5.74) is 0.956. The minimum absolute atomic E-state index is 0.225. The second-order valence-corrected chi connectivity index (χ2v) is 4.95. The summed E-state index contributed by atoms with van der Waals surface area (Å²) in [5.74, 6) is 1.84. The van der Waals surface area contributed by atoms with Crippen molar-refractivity contribution in [3.8, 4) is 0 Å². The Labute approximate surface area is 120 Å². The number of rotatable bonds is 4. The van der Waals surface area contributed by atoms with Gasteiger partial charge in [0.1, 0.15) is 5.82 Å². The van der Waals surface area contributed by atoms with Crippen molar-refractivity contribution in [2.75, 3.05) is 42.9 Å². The summed E-state index contributed by atoms with van der Waals surface area (Å²) in [6.07, 6.45) is 0.575. The molecule has 1 amide bonds. The molecule has 1 saturated heterocycles. The topological polar surface area (TPSA) is 61.4 Å². The third kappa shape index (κ3) is 3.37. The first-order chi connectivity index (χ1) is 9.63. The molecule has 0 radical (unpaired) electrons. The van der Waals surface area contributed by atoms with Crippen LogP contribution in [-0.4, -0.2) is 53.5 Å². The number of hydrogen-bond donors (Lipinski definition) is 1. The van der Waals surface area contributed by atoms with Crippen molar-refractivity contribution >= 4 is 17.7 Å². The van der Waals surface area contributed by atoms with Gasteiger partial charge in [0.2, 0.25) is 11.9 Å². The molecule has 110 valence electrons. The Morgan fingerprint density at radius 1 is 1.25 bits per heavy atom. The number of nitrogens with zero attached hydrogens (tertiary/aromatic N) is 4. The number of carbonyl (C=O) groups is 1. The molecule has 0 spiro atoms. The second kappa shape index (κ2) is 6.54. The number of amides is 1. The molecular formula is C14H23N5O. The zero-order valence-electron chi connectivity index (χ0n) is 12.5. The van der Waals surface area contributed by atoms with Crippen molar-refractivity contribution < 1.29 is 4.79 Å². The van der Waals surface area contributed by atoms with E-state index in [0.29, 0.717) is 6.42 Å². The highest BCUT2D eigenvalue weighted by Crippen LogP contribution is 2.15. The Morgan fingerprint density at radius 3 is 2.55 bits per heavy atom. The molecule has 1 aliphatic heterocycles. The SMILES string of the molecule is CCNc1cc(C)nc(N2CCN(C(=O)CC)CC2)n1. The normalized spacial score (nSPS) is 15.3. The van der Waals surface area contributed by atoms with Crippen LogP contribution in [-0.2, 0) is 4.79 Å². The minimum atomic E-state index is 0.225. The highest BCUT2D eigenvalue weighted by atomic mass is 16.2. The second-order valence-electron chi connectivity index (χ2n) is 4.95. The monoisotopic (exact) mass is 277 g/mol. The molecule has 0 saturated carbocycles. The van der Waals surface area contributed by atoms with Crippen LogP contribution in [0.15, 0.2) is 6.07 Å². The minimum Gasteiger partial charge on any atom is -0.370 e. The Morgan fingerprint density at radius 2 is 1.95 bits per heavy atom.